The van der Waals surface area contributed by atoms with Crippen molar-refractivity contribution in [3.8, 4) is 0 Å². The maximum Gasteiger partial charge on any atom is 0.147 e. The molecular weight excluding hydrogens is 332 g/mol. The van der Waals surface area contributed by atoms with Gasteiger partial charge in [0.25, 0.3) is 0 Å². The Morgan fingerprint density at radius 2 is 2.19 bits per heavy atom. The molecule has 3 heteroatoms. The van der Waals surface area contributed by atoms with E-state index in [0.717, 1.165) is 19.3 Å². The zero-order valence-corrected chi connectivity index (χ0v) is 13.0. The first-order chi connectivity index (χ1) is 7.45. The Kier molecular flexibility index (Phi) is 3.39. The van der Waals surface area contributed by atoms with Crippen molar-refractivity contribution in [1.29, 1.82) is 0 Å². The van der Waals surface area contributed by atoms with E-state index < -0.39 is 0 Å². The van der Waals surface area contributed by atoms with Crippen molar-refractivity contribution >= 4 is 37.6 Å². The van der Waals surface area contributed by atoms with Crippen LogP contribution in [-0.2, 0) is 4.79 Å². The van der Waals surface area contributed by atoms with E-state index in [1.807, 2.05) is 0 Å². The molecule has 2 aliphatic rings. The molecule has 2 saturated carbocycles. The highest BCUT2D eigenvalue weighted by Crippen LogP contribution is 2.63. The van der Waals surface area contributed by atoms with Crippen molar-refractivity contribution in [2.24, 2.45) is 11.3 Å². The Hall–Kier alpha value is 0.370. The number of allylic oxidation sites excluding steroid dienone is 1. The summed E-state index contributed by atoms with van der Waals surface area (Å²) in [5.74, 6) is 0.872. The van der Waals surface area contributed by atoms with Crippen molar-refractivity contribution in [2.75, 3.05) is 0 Å². The SMILES string of the molecule is CC(=O)[C@@]1(Br)CCC2/C(=C/Br)CCC[C@@]21C. The van der Waals surface area contributed by atoms with Crippen LogP contribution in [0.1, 0.15) is 46.0 Å². The number of hydrogen-bond acceptors (Lipinski definition) is 1. The van der Waals surface area contributed by atoms with E-state index in [1.165, 1.54) is 18.4 Å². The summed E-state index contributed by atoms with van der Waals surface area (Å²) in [4.78, 5) is 14.0. The summed E-state index contributed by atoms with van der Waals surface area (Å²) in [5, 5.41) is 0. The third kappa shape index (κ3) is 1.58. The number of carbonyl (C=O) groups is 1. The summed E-state index contributed by atoms with van der Waals surface area (Å²) in [6.45, 7) is 4.02. The molecule has 16 heavy (non-hydrogen) atoms. The number of fused-ring (bicyclic) bond motifs is 1. The minimum absolute atomic E-state index is 0.108. The van der Waals surface area contributed by atoms with Gasteiger partial charge < -0.3 is 0 Å². The summed E-state index contributed by atoms with van der Waals surface area (Å²) in [6, 6.07) is 0. The van der Waals surface area contributed by atoms with E-state index in [1.54, 1.807) is 6.92 Å². The van der Waals surface area contributed by atoms with Crippen molar-refractivity contribution in [3.63, 3.8) is 0 Å². The number of Topliss-reactive ketones (excluding diaryl/α,β-unsaturated/α-hetero) is 1. The minimum Gasteiger partial charge on any atom is -0.298 e. The van der Waals surface area contributed by atoms with Crippen molar-refractivity contribution < 1.29 is 4.79 Å². The summed E-state index contributed by atoms with van der Waals surface area (Å²) < 4.78 is -0.285. The van der Waals surface area contributed by atoms with Crippen LogP contribution in [-0.4, -0.2) is 10.1 Å². The lowest BCUT2D eigenvalue weighted by atomic mass is 9.63. The number of halogens is 2. The first-order valence-corrected chi connectivity index (χ1v) is 7.65. The van der Waals surface area contributed by atoms with Crippen molar-refractivity contribution in [2.45, 2.75) is 50.3 Å². The molecule has 0 aromatic heterocycles. The fourth-order valence-electron chi connectivity index (χ4n) is 3.73. The van der Waals surface area contributed by atoms with Gasteiger partial charge in [-0.3, -0.25) is 4.79 Å². The van der Waals surface area contributed by atoms with Crippen LogP contribution in [0.15, 0.2) is 10.6 Å². The summed E-state index contributed by atoms with van der Waals surface area (Å²) in [6.07, 6.45) is 5.66. The molecular formula is C13H18Br2O. The van der Waals surface area contributed by atoms with Crippen LogP contribution in [0.2, 0.25) is 0 Å². The Balaban J connectivity index is 2.42. The van der Waals surface area contributed by atoms with Crippen LogP contribution < -0.4 is 0 Å². The third-order valence-corrected chi connectivity index (χ3v) is 7.21. The van der Waals surface area contributed by atoms with Crippen LogP contribution in [0, 0.1) is 11.3 Å². The maximum atomic E-state index is 11.9. The molecule has 0 aromatic rings. The van der Waals surface area contributed by atoms with Gasteiger partial charge in [-0.25, -0.2) is 0 Å². The van der Waals surface area contributed by atoms with Crippen LogP contribution in [0.3, 0.4) is 0 Å². The van der Waals surface area contributed by atoms with Gasteiger partial charge in [-0.15, -0.1) is 0 Å². The molecule has 0 N–H and O–H groups in total. The number of hydrogen-bond donors (Lipinski definition) is 0. The van der Waals surface area contributed by atoms with Crippen LogP contribution in [0.4, 0.5) is 0 Å². The first kappa shape index (κ1) is 12.8. The fraction of sp³-hybridized carbons (Fsp3) is 0.769. The zero-order valence-electron chi connectivity index (χ0n) is 9.85. The van der Waals surface area contributed by atoms with Crippen LogP contribution in [0.25, 0.3) is 0 Å². The quantitative estimate of drug-likeness (QED) is 0.633. The van der Waals surface area contributed by atoms with Gasteiger partial charge in [0.1, 0.15) is 5.78 Å². The first-order valence-electron chi connectivity index (χ1n) is 5.95. The van der Waals surface area contributed by atoms with Gasteiger partial charge in [0.15, 0.2) is 0 Å². The summed E-state index contributed by atoms with van der Waals surface area (Å²) in [5.41, 5.74) is 1.60. The minimum atomic E-state index is -0.285. The number of alkyl halides is 1. The highest BCUT2D eigenvalue weighted by molar-refractivity contribution is 9.11. The maximum absolute atomic E-state index is 11.9. The molecule has 90 valence electrons. The van der Waals surface area contributed by atoms with E-state index in [4.69, 9.17) is 0 Å². The van der Waals surface area contributed by atoms with Crippen molar-refractivity contribution in [1.82, 2.24) is 0 Å². The molecule has 0 bridgehead atoms. The molecule has 0 heterocycles. The van der Waals surface area contributed by atoms with Gasteiger partial charge in [0.05, 0.1) is 4.32 Å². The second-order valence-corrected chi connectivity index (χ2v) is 7.22. The number of carbonyl (C=O) groups excluding carboxylic acids is 1. The Bertz CT molecular complexity index is 350. The molecule has 3 atom stereocenters. The molecule has 2 fully saturated rings. The van der Waals surface area contributed by atoms with Gasteiger partial charge in [0, 0.05) is 0 Å². The second-order valence-electron chi connectivity index (χ2n) is 5.40. The predicted molar refractivity (Wildman–Crippen MR) is 74.0 cm³/mol. The standard InChI is InChI=1S/C13H18Br2O/c1-9(16)13(15)7-5-11-10(8-14)4-3-6-12(11,13)2/h8,11H,3-7H2,1-2H3/b10-8+/t11?,12-,13-/m0/s1. The van der Waals surface area contributed by atoms with E-state index >= 15 is 0 Å². The largest absolute Gasteiger partial charge is 0.298 e. The highest BCUT2D eigenvalue weighted by atomic mass is 79.9. The Labute approximate surface area is 114 Å². The smallest absolute Gasteiger partial charge is 0.147 e. The molecule has 2 rings (SSSR count). The van der Waals surface area contributed by atoms with Crippen LogP contribution >= 0.6 is 31.9 Å². The normalized spacial score (nSPS) is 45.8. The average molecular weight is 350 g/mol. The molecule has 0 radical (unpaired) electrons. The summed E-state index contributed by atoms with van der Waals surface area (Å²) >= 11 is 7.26. The molecule has 1 unspecified atom stereocenters. The van der Waals surface area contributed by atoms with E-state index in [0.29, 0.717) is 11.7 Å². The lowest BCUT2D eigenvalue weighted by Gasteiger charge is -2.45. The van der Waals surface area contributed by atoms with E-state index in [9.17, 15) is 4.79 Å². The van der Waals surface area contributed by atoms with Crippen LogP contribution in [0.5, 0.6) is 0 Å². The molecule has 0 spiro atoms. The van der Waals surface area contributed by atoms with Gasteiger partial charge >= 0.3 is 0 Å². The highest BCUT2D eigenvalue weighted by Gasteiger charge is 2.59. The lowest BCUT2D eigenvalue weighted by Crippen LogP contribution is -2.47. The second kappa shape index (κ2) is 4.24. The molecule has 0 aliphatic heterocycles. The van der Waals surface area contributed by atoms with E-state index in [2.05, 4.69) is 43.8 Å². The number of rotatable bonds is 1. The monoisotopic (exact) mass is 348 g/mol. The zero-order chi connectivity index (χ0) is 12.0. The molecule has 1 nitrogen and oxygen atoms in total. The Morgan fingerprint density at radius 3 is 2.75 bits per heavy atom. The Morgan fingerprint density at radius 1 is 1.50 bits per heavy atom. The van der Waals surface area contributed by atoms with Gasteiger partial charge in [0.2, 0.25) is 0 Å². The predicted octanol–water partition coefficient (Wildman–Crippen LogP) is 4.59. The fourth-order valence-corrected chi connectivity index (χ4v) is 4.98. The van der Waals surface area contributed by atoms with Gasteiger partial charge in [-0.1, -0.05) is 44.4 Å². The van der Waals surface area contributed by atoms with Crippen molar-refractivity contribution in [3.05, 3.63) is 10.6 Å². The molecule has 2 aliphatic carbocycles. The lowest BCUT2D eigenvalue weighted by molar-refractivity contribution is -0.122. The average Bonchev–Trinajstić information content (AvgIpc) is 2.52. The van der Waals surface area contributed by atoms with Gasteiger partial charge in [-0.2, -0.15) is 0 Å². The topological polar surface area (TPSA) is 17.1 Å². The van der Waals surface area contributed by atoms with Gasteiger partial charge in [-0.05, 0) is 55.3 Å². The molecule has 0 aromatic carbocycles. The number of ketones is 1. The third-order valence-electron chi connectivity index (χ3n) is 4.76. The van der Waals surface area contributed by atoms with E-state index in [-0.39, 0.29) is 9.74 Å². The molecule has 0 amide bonds. The summed E-state index contributed by atoms with van der Waals surface area (Å²) in [7, 11) is 0. The molecule has 0 saturated heterocycles.